The zero-order valence-corrected chi connectivity index (χ0v) is 17.0. The van der Waals surface area contributed by atoms with Crippen molar-refractivity contribution in [1.29, 1.82) is 0 Å². The van der Waals surface area contributed by atoms with E-state index in [1.54, 1.807) is 16.8 Å². The molecule has 0 radical (unpaired) electrons. The molecular formula is C22H16ClN3O3S. The minimum Gasteiger partial charge on any atom is -0.504 e. The third-order valence-electron chi connectivity index (χ3n) is 4.28. The molecule has 6 nitrogen and oxygen atoms in total. The number of phenolic OH excluding ortho intramolecular Hbond substituents is 3. The third kappa shape index (κ3) is 4.07. The number of aromatic hydroxyl groups is 3. The summed E-state index contributed by atoms with van der Waals surface area (Å²) >= 11 is 7.37. The van der Waals surface area contributed by atoms with Crippen LogP contribution in [0.15, 0.2) is 82.2 Å². The molecule has 3 N–H and O–H groups in total. The zero-order valence-electron chi connectivity index (χ0n) is 15.5. The lowest BCUT2D eigenvalue weighted by Crippen LogP contribution is -2.11. The monoisotopic (exact) mass is 437 g/mol. The van der Waals surface area contributed by atoms with Crippen LogP contribution in [0.3, 0.4) is 0 Å². The van der Waals surface area contributed by atoms with Crippen molar-refractivity contribution in [2.24, 2.45) is 10.1 Å². The van der Waals surface area contributed by atoms with Crippen molar-refractivity contribution in [1.82, 2.24) is 4.68 Å². The maximum absolute atomic E-state index is 10.1. The largest absolute Gasteiger partial charge is 0.504 e. The SMILES string of the molecule is Oc1ccc(/C=N/n2c(-c3ccccc3)csc2=Nc2ccc(Cl)cc2)c(O)c1O. The Morgan fingerprint density at radius 3 is 2.33 bits per heavy atom. The number of nitrogens with zero attached hydrogens (tertiary/aromatic N) is 3. The van der Waals surface area contributed by atoms with E-state index < -0.39 is 17.2 Å². The summed E-state index contributed by atoms with van der Waals surface area (Å²) in [6.45, 7) is 0. The molecular weight excluding hydrogens is 422 g/mol. The molecule has 150 valence electrons. The van der Waals surface area contributed by atoms with Gasteiger partial charge in [-0.15, -0.1) is 11.3 Å². The molecule has 3 aromatic carbocycles. The molecule has 1 aromatic heterocycles. The first kappa shape index (κ1) is 19.8. The number of phenols is 3. The molecule has 0 atom stereocenters. The summed E-state index contributed by atoms with van der Waals surface area (Å²) in [6, 6.07) is 19.6. The van der Waals surface area contributed by atoms with Crippen LogP contribution < -0.4 is 4.80 Å². The van der Waals surface area contributed by atoms with Crippen LogP contribution in [0, 0.1) is 0 Å². The molecule has 0 aliphatic carbocycles. The lowest BCUT2D eigenvalue weighted by molar-refractivity contribution is 0.367. The van der Waals surface area contributed by atoms with Crippen LogP contribution in [0.4, 0.5) is 5.69 Å². The molecule has 0 fully saturated rings. The van der Waals surface area contributed by atoms with Crippen LogP contribution in [0.25, 0.3) is 11.3 Å². The molecule has 0 aliphatic rings. The molecule has 0 saturated heterocycles. The predicted octanol–water partition coefficient (Wildman–Crippen LogP) is 5.10. The standard InChI is InChI=1S/C22H16ClN3O3S/c23-16-7-9-17(10-8-16)25-22-26(18(13-30-22)14-4-2-1-3-5-14)24-12-15-6-11-19(27)21(29)20(15)28/h1-13,27-29H/b24-12+,25-22?. The molecule has 8 heteroatoms. The van der Waals surface area contributed by atoms with Gasteiger partial charge in [0.2, 0.25) is 10.6 Å². The Balaban J connectivity index is 1.85. The fourth-order valence-electron chi connectivity index (χ4n) is 2.73. The van der Waals surface area contributed by atoms with Gasteiger partial charge in [-0.05, 0) is 36.4 Å². The summed E-state index contributed by atoms with van der Waals surface area (Å²) in [4.78, 5) is 5.26. The van der Waals surface area contributed by atoms with Gasteiger partial charge in [-0.1, -0.05) is 41.9 Å². The number of hydrogen-bond acceptors (Lipinski definition) is 6. The Morgan fingerprint density at radius 1 is 0.867 bits per heavy atom. The summed E-state index contributed by atoms with van der Waals surface area (Å²) in [5.41, 5.74) is 2.73. The highest BCUT2D eigenvalue weighted by atomic mass is 35.5. The molecule has 0 bridgehead atoms. The molecule has 0 saturated carbocycles. The minimum absolute atomic E-state index is 0.250. The van der Waals surface area contributed by atoms with Gasteiger partial charge in [-0.2, -0.15) is 5.10 Å². The van der Waals surface area contributed by atoms with Crippen LogP contribution in [0.5, 0.6) is 17.2 Å². The van der Waals surface area contributed by atoms with Crippen molar-refractivity contribution >= 4 is 34.8 Å². The normalized spacial score (nSPS) is 12.0. The van der Waals surface area contributed by atoms with Gasteiger partial charge in [0.25, 0.3) is 0 Å². The lowest BCUT2D eigenvalue weighted by Gasteiger charge is -2.05. The highest BCUT2D eigenvalue weighted by Crippen LogP contribution is 2.36. The Bertz CT molecular complexity index is 1280. The number of thiazole rings is 1. The Kier molecular flexibility index (Phi) is 5.56. The first-order valence-corrected chi connectivity index (χ1v) is 10.1. The van der Waals surface area contributed by atoms with Gasteiger partial charge in [0.1, 0.15) is 0 Å². The second-order valence-electron chi connectivity index (χ2n) is 6.29. The fourth-order valence-corrected chi connectivity index (χ4v) is 3.71. The second kappa shape index (κ2) is 8.44. The third-order valence-corrected chi connectivity index (χ3v) is 5.35. The number of halogens is 1. The van der Waals surface area contributed by atoms with Crippen LogP contribution in [-0.2, 0) is 0 Å². The Morgan fingerprint density at radius 2 is 1.60 bits per heavy atom. The van der Waals surface area contributed by atoms with E-state index in [-0.39, 0.29) is 5.56 Å². The van der Waals surface area contributed by atoms with Crippen molar-refractivity contribution in [2.75, 3.05) is 0 Å². The predicted molar refractivity (Wildman–Crippen MR) is 119 cm³/mol. The zero-order chi connectivity index (χ0) is 21.1. The van der Waals surface area contributed by atoms with Gasteiger partial charge in [-0.3, -0.25) is 0 Å². The molecule has 1 heterocycles. The summed E-state index contributed by atoms with van der Waals surface area (Å²) < 4.78 is 1.65. The first-order valence-electron chi connectivity index (χ1n) is 8.87. The molecule has 0 spiro atoms. The average molecular weight is 438 g/mol. The van der Waals surface area contributed by atoms with Gasteiger partial charge in [0.15, 0.2) is 11.5 Å². The van der Waals surface area contributed by atoms with Gasteiger partial charge < -0.3 is 15.3 Å². The van der Waals surface area contributed by atoms with E-state index >= 15 is 0 Å². The second-order valence-corrected chi connectivity index (χ2v) is 7.56. The number of benzene rings is 3. The maximum Gasteiger partial charge on any atom is 0.211 e. The van der Waals surface area contributed by atoms with Gasteiger partial charge in [-0.25, -0.2) is 9.67 Å². The van der Waals surface area contributed by atoms with E-state index in [2.05, 4.69) is 10.1 Å². The van der Waals surface area contributed by atoms with Crippen LogP contribution in [0.1, 0.15) is 5.56 Å². The van der Waals surface area contributed by atoms with E-state index in [1.807, 2.05) is 47.8 Å². The Hall–Kier alpha value is -3.55. The fraction of sp³-hybridized carbons (Fsp3) is 0. The summed E-state index contributed by atoms with van der Waals surface area (Å²) in [5, 5.41) is 36.4. The van der Waals surface area contributed by atoms with Crippen molar-refractivity contribution in [3.8, 4) is 28.5 Å². The van der Waals surface area contributed by atoms with Crippen LogP contribution >= 0.6 is 22.9 Å². The van der Waals surface area contributed by atoms with E-state index in [1.165, 1.54) is 29.7 Å². The Labute approximate surface area is 180 Å². The summed E-state index contributed by atoms with van der Waals surface area (Å²) in [5.74, 6) is -1.45. The summed E-state index contributed by atoms with van der Waals surface area (Å²) in [6.07, 6.45) is 1.40. The maximum atomic E-state index is 10.1. The number of aromatic nitrogens is 1. The van der Waals surface area contributed by atoms with Crippen molar-refractivity contribution in [3.05, 3.63) is 87.5 Å². The van der Waals surface area contributed by atoms with E-state index in [0.29, 0.717) is 9.82 Å². The molecule has 0 unspecified atom stereocenters. The quantitative estimate of drug-likeness (QED) is 0.306. The first-order chi connectivity index (χ1) is 14.5. The molecule has 4 aromatic rings. The molecule has 0 amide bonds. The van der Waals surface area contributed by atoms with E-state index in [4.69, 9.17) is 11.6 Å². The van der Waals surface area contributed by atoms with Crippen molar-refractivity contribution in [3.63, 3.8) is 0 Å². The highest BCUT2D eigenvalue weighted by molar-refractivity contribution is 7.07. The number of rotatable bonds is 4. The topological polar surface area (TPSA) is 90.3 Å². The molecule has 0 aliphatic heterocycles. The van der Waals surface area contributed by atoms with E-state index in [0.717, 1.165) is 16.9 Å². The van der Waals surface area contributed by atoms with Gasteiger partial charge in [0, 0.05) is 21.5 Å². The summed E-state index contributed by atoms with van der Waals surface area (Å²) in [7, 11) is 0. The highest BCUT2D eigenvalue weighted by Gasteiger charge is 2.11. The van der Waals surface area contributed by atoms with Crippen molar-refractivity contribution < 1.29 is 15.3 Å². The molecule has 30 heavy (non-hydrogen) atoms. The van der Waals surface area contributed by atoms with E-state index in [9.17, 15) is 15.3 Å². The van der Waals surface area contributed by atoms with Gasteiger partial charge >= 0.3 is 0 Å². The smallest absolute Gasteiger partial charge is 0.211 e. The van der Waals surface area contributed by atoms with Gasteiger partial charge in [0.05, 0.1) is 17.6 Å². The van der Waals surface area contributed by atoms with Crippen molar-refractivity contribution in [2.45, 2.75) is 0 Å². The molecule has 4 rings (SSSR count). The lowest BCUT2D eigenvalue weighted by atomic mass is 10.2. The van der Waals surface area contributed by atoms with Crippen LogP contribution in [0.2, 0.25) is 5.02 Å². The average Bonchev–Trinajstić information content (AvgIpc) is 3.16. The minimum atomic E-state index is -0.594. The van der Waals surface area contributed by atoms with Crippen LogP contribution in [-0.4, -0.2) is 26.2 Å². The number of hydrogen-bond donors (Lipinski definition) is 3.